The average Bonchev–Trinajstić information content (AvgIpc) is 2.94. The molecule has 0 bridgehead atoms. The summed E-state index contributed by atoms with van der Waals surface area (Å²) in [6.45, 7) is 6.52. The summed E-state index contributed by atoms with van der Waals surface area (Å²) in [5.74, 6) is 0.616. The smallest absolute Gasteiger partial charge is 0.0695 e. The van der Waals surface area contributed by atoms with Crippen molar-refractivity contribution in [3.63, 3.8) is 0 Å². The Morgan fingerprint density at radius 3 is 2.64 bits per heavy atom. The lowest BCUT2D eigenvalue weighted by atomic mass is 10.1. The molecule has 2 rings (SSSR count). The van der Waals surface area contributed by atoms with Gasteiger partial charge in [0.25, 0.3) is 0 Å². The Labute approximate surface area is 86.7 Å². The lowest BCUT2D eigenvalue weighted by Crippen LogP contribution is -2.51. The molecule has 0 radical (unpaired) electrons. The standard InChI is InChI=1S/C11H22N2O/c1-9-7-13(6-5-12(9)2)8-11(14)10-3-4-10/h9-11,14H,3-8H2,1-2H3. The second-order valence-electron chi connectivity index (χ2n) is 4.99. The second-order valence-corrected chi connectivity index (χ2v) is 4.99. The Kier molecular flexibility index (Phi) is 3.10. The van der Waals surface area contributed by atoms with Crippen molar-refractivity contribution >= 4 is 0 Å². The highest BCUT2D eigenvalue weighted by atomic mass is 16.3. The third-order valence-corrected chi connectivity index (χ3v) is 3.66. The van der Waals surface area contributed by atoms with Crippen LogP contribution in [0.15, 0.2) is 0 Å². The lowest BCUT2D eigenvalue weighted by molar-refractivity contribution is 0.0485. The highest BCUT2D eigenvalue weighted by Crippen LogP contribution is 2.32. The van der Waals surface area contributed by atoms with Crippen molar-refractivity contribution in [2.75, 3.05) is 33.2 Å². The van der Waals surface area contributed by atoms with Gasteiger partial charge < -0.3 is 10.0 Å². The Bertz CT molecular complexity index is 194. The summed E-state index contributed by atoms with van der Waals surface area (Å²) in [7, 11) is 2.18. The van der Waals surface area contributed by atoms with Gasteiger partial charge in [-0.15, -0.1) is 0 Å². The predicted molar refractivity (Wildman–Crippen MR) is 57.3 cm³/mol. The van der Waals surface area contributed by atoms with Crippen molar-refractivity contribution in [2.45, 2.75) is 31.9 Å². The molecule has 1 N–H and O–H groups in total. The summed E-state index contributed by atoms with van der Waals surface area (Å²) in [5, 5.41) is 9.84. The van der Waals surface area contributed by atoms with Crippen LogP contribution in [0.2, 0.25) is 0 Å². The highest BCUT2D eigenvalue weighted by Gasteiger charge is 2.32. The second kappa shape index (κ2) is 4.17. The summed E-state index contributed by atoms with van der Waals surface area (Å²) in [4.78, 5) is 4.80. The van der Waals surface area contributed by atoms with Crippen molar-refractivity contribution in [1.29, 1.82) is 0 Å². The molecule has 1 heterocycles. The van der Waals surface area contributed by atoms with E-state index in [4.69, 9.17) is 0 Å². The number of piperazine rings is 1. The zero-order chi connectivity index (χ0) is 10.1. The van der Waals surface area contributed by atoms with Gasteiger partial charge in [0.15, 0.2) is 0 Å². The van der Waals surface area contributed by atoms with E-state index < -0.39 is 0 Å². The van der Waals surface area contributed by atoms with Crippen LogP contribution < -0.4 is 0 Å². The molecule has 82 valence electrons. The van der Waals surface area contributed by atoms with Crippen molar-refractivity contribution in [3.8, 4) is 0 Å². The molecule has 2 fully saturated rings. The van der Waals surface area contributed by atoms with Gasteiger partial charge in [-0.2, -0.15) is 0 Å². The molecule has 0 aromatic heterocycles. The van der Waals surface area contributed by atoms with Crippen LogP contribution in [-0.4, -0.2) is 60.3 Å². The highest BCUT2D eigenvalue weighted by molar-refractivity contribution is 4.85. The quantitative estimate of drug-likeness (QED) is 0.711. The van der Waals surface area contributed by atoms with E-state index in [1.807, 2.05) is 0 Å². The van der Waals surface area contributed by atoms with Gasteiger partial charge in [0, 0.05) is 32.2 Å². The maximum atomic E-state index is 9.84. The van der Waals surface area contributed by atoms with E-state index >= 15 is 0 Å². The lowest BCUT2D eigenvalue weighted by Gasteiger charge is -2.38. The summed E-state index contributed by atoms with van der Waals surface area (Å²) < 4.78 is 0. The Balaban J connectivity index is 1.75. The van der Waals surface area contributed by atoms with Crippen LogP contribution in [0, 0.1) is 5.92 Å². The first-order valence-corrected chi connectivity index (χ1v) is 5.77. The van der Waals surface area contributed by atoms with Gasteiger partial charge in [-0.1, -0.05) is 0 Å². The molecule has 1 saturated carbocycles. The zero-order valence-corrected chi connectivity index (χ0v) is 9.32. The van der Waals surface area contributed by atoms with Crippen molar-refractivity contribution in [3.05, 3.63) is 0 Å². The van der Waals surface area contributed by atoms with E-state index in [1.165, 1.54) is 12.8 Å². The number of rotatable bonds is 3. The van der Waals surface area contributed by atoms with Crippen LogP contribution in [-0.2, 0) is 0 Å². The van der Waals surface area contributed by atoms with E-state index in [9.17, 15) is 5.11 Å². The Morgan fingerprint density at radius 1 is 1.36 bits per heavy atom. The average molecular weight is 198 g/mol. The largest absolute Gasteiger partial charge is 0.392 e. The minimum atomic E-state index is -0.0643. The number of nitrogens with zero attached hydrogens (tertiary/aromatic N) is 2. The molecule has 3 heteroatoms. The minimum absolute atomic E-state index is 0.0643. The van der Waals surface area contributed by atoms with Gasteiger partial charge in [-0.25, -0.2) is 0 Å². The van der Waals surface area contributed by atoms with Crippen LogP contribution in [0.5, 0.6) is 0 Å². The van der Waals surface area contributed by atoms with Crippen molar-refractivity contribution in [1.82, 2.24) is 9.80 Å². The first kappa shape index (κ1) is 10.4. The molecular weight excluding hydrogens is 176 g/mol. The molecule has 1 saturated heterocycles. The van der Waals surface area contributed by atoms with Gasteiger partial charge in [0.2, 0.25) is 0 Å². The molecule has 0 aromatic carbocycles. The topological polar surface area (TPSA) is 26.7 Å². The molecule has 14 heavy (non-hydrogen) atoms. The van der Waals surface area contributed by atoms with Crippen LogP contribution in [0.25, 0.3) is 0 Å². The van der Waals surface area contributed by atoms with Crippen LogP contribution in [0.3, 0.4) is 0 Å². The number of likely N-dealkylation sites (N-methyl/N-ethyl adjacent to an activating group) is 1. The molecule has 0 spiro atoms. The fraction of sp³-hybridized carbons (Fsp3) is 1.00. The van der Waals surface area contributed by atoms with Crippen LogP contribution in [0.4, 0.5) is 0 Å². The number of aliphatic hydroxyl groups excluding tert-OH is 1. The number of hydrogen-bond acceptors (Lipinski definition) is 3. The number of hydrogen-bond donors (Lipinski definition) is 1. The van der Waals surface area contributed by atoms with Gasteiger partial charge in [0.05, 0.1) is 6.10 Å². The maximum Gasteiger partial charge on any atom is 0.0695 e. The normalized spacial score (nSPS) is 33.2. The summed E-state index contributed by atoms with van der Waals surface area (Å²) >= 11 is 0. The molecule has 3 nitrogen and oxygen atoms in total. The van der Waals surface area contributed by atoms with E-state index in [-0.39, 0.29) is 6.10 Å². The fourth-order valence-electron chi connectivity index (χ4n) is 2.18. The monoisotopic (exact) mass is 198 g/mol. The van der Waals surface area contributed by atoms with Crippen molar-refractivity contribution in [2.24, 2.45) is 5.92 Å². The fourth-order valence-corrected chi connectivity index (χ4v) is 2.18. The van der Waals surface area contributed by atoms with Crippen LogP contribution >= 0.6 is 0 Å². The maximum absolute atomic E-state index is 9.84. The molecular formula is C11H22N2O. The molecule has 1 aliphatic heterocycles. The SMILES string of the molecule is CC1CN(CC(O)C2CC2)CCN1C. The van der Waals surface area contributed by atoms with E-state index in [0.717, 1.165) is 26.2 Å². The van der Waals surface area contributed by atoms with Crippen LogP contribution in [0.1, 0.15) is 19.8 Å². The molecule has 2 atom stereocenters. The Morgan fingerprint density at radius 2 is 2.07 bits per heavy atom. The van der Waals surface area contributed by atoms with Gasteiger partial charge in [-0.05, 0) is 32.7 Å². The Hall–Kier alpha value is -0.120. The zero-order valence-electron chi connectivity index (χ0n) is 9.32. The predicted octanol–water partition coefficient (Wildman–Crippen LogP) is 0.393. The minimum Gasteiger partial charge on any atom is -0.392 e. The molecule has 0 aromatic rings. The first-order chi connectivity index (χ1) is 6.66. The van der Waals surface area contributed by atoms with Gasteiger partial charge in [-0.3, -0.25) is 4.90 Å². The molecule has 0 amide bonds. The summed E-state index contributed by atoms with van der Waals surface area (Å²) in [5.41, 5.74) is 0. The van der Waals surface area contributed by atoms with Crippen molar-refractivity contribution < 1.29 is 5.11 Å². The third-order valence-electron chi connectivity index (χ3n) is 3.66. The van der Waals surface area contributed by atoms with E-state index in [2.05, 4.69) is 23.8 Å². The molecule has 2 unspecified atom stereocenters. The first-order valence-electron chi connectivity index (χ1n) is 5.77. The number of aliphatic hydroxyl groups is 1. The molecule has 1 aliphatic carbocycles. The number of β-amino-alcohol motifs (C(OH)–C–C–N with tert-alkyl or cyclic N) is 1. The van der Waals surface area contributed by atoms with E-state index in [1.54, 1.807) is 0 Å². The summed E-state index contributed by atoms with van der Waals surface area (Å²) in [6.07, 6.45) is 2.42. The summed E-state index contributed by atoms with van der Waals surface area (Å²) in [6, 6.07) is 0.634. The van der Waals surface area contributed by atoms with Gasteiger partial charge in [0.1, 0.15) is 0 Å². The molecule has 2 aliphatic rings. The van der Waals surface area contributed by atoms with Gasteiger partial charge >= 0.3 is 0 Å². The van der Waals surface area contributed by atoms with E-state index in [0.29, 0.717) is 12.0 Å². The third kappa shape index (κ3) is 2.47.